The molecule has 0 fully saturated rings. The van der Waals surface area contributed by atoms with Crippen molar-refractivity contribution in [1.29, 1.82) is 0 Å². The van der Waals surface area contributed by atoms with Crippen molar-refractivity contribution >= 4 is 17.6 Å². The number of carbonyl (C=O) groups excluding carboxylic acids is 2. The molecule has 17 heavy (non-hydrogen) atoms. The Morgan fingerprint density at radius 2 is 1.88 bits per heavy atom. The maximum Gasteiger partial charge on any atom is 0.337 e. The zero-order valence-electron chi connectivity index (χ0n) is 9.95. The molecule has 0 aliphatic heterocycles. The van der Waals surface area contributed by atoms with Crippen LogP contribution in [0.25, 0.3) is 0 Å². The molecule has 0 unspecified atom stereocenters. The highest BCUT2D eigenvalue weighted by Gasteiger charge is 2.04. The summed E-state index contributed by atoms with van der Waals surface area (Å²) in [6, 6.07) is 6.74. The molecule has 0 spiro atoms. The Morgan fingerprint density at radius 3 is 2.41 bits per heavy atom. The van der Waals surface area contributed by atoms with E-state index < -0.39 is 0 Å². The number of hydrogen-bond acceptors (Lipinski definition) is 4. The lowest BCUT2D eigenvalue weighted by Gasteiger charge is -2.06. The highest BCUT2D eigenvalue weighted by Crippen LogP contribution is 2.09. The molecule has 92 valence electrons. The van der Waals surface area contributed by atoms with Crippen molar-refractivity contribution in [2.45, 2.75) is 6.92 Å². The molecular formula is C12H16N2O3. The van der Waals surface area contributed by atoms with E-state index in [0.717, 1.165) is 5.69 Å². The quantitative estimate of drug-likeness (QED) is 0.749. The van der Waals surface area contributed by atoms with Crippen LogP contribution in [0.5, 0.6) is 0 Å². The molecular weight excluding hydrogens is 220 g/mol. The number of methoxy groups -OCH3 is 1. The smallest absolute Gasteiger partial charge is 0.337 e. The van der Waals surface area contributed by atoms with Crippen LogP contribution < -0.4 is 10.6 Å². The van der Waals surface area contributed by atoms with Gasteiger partial charge in [-0.05, 0) is 31.2 Å². The Morgan fingerprint density at radius 1 is 1.24 bits per heavy atom. The molecule has 1 aromatic carbocycles. The van der Waals surface area contributed by atoms with Crippen LogP contribution in [-0.2, 0) is 9.53 Å². The number of amides is 1. The predicted octanol–water partition coefficient (Wildman–Crippen LogP) is 1.02. The standard InChI is InChI=1S/C12H16N2O3/c1-3-13-11(15)8-14-10-6-4-9(5-7-10)12(16)17-2/h4-7,14H,3,8H2,1-2H3,(H,13,15). The monoisotopic (exact) mass is 236 g/mol. The van der Waals surface area contributed by atoms with Crippen molar-refractivity contribution in [3.05, 3.63) is 29.8 Å². The summed E-state index contributed by atoms with van der Waals surface area (Å²) in [5.74, 6) is -0.440. The van der Waals surface area contributed by atoms with Crippen molar-refractivity contribution in [3.8, 4) is 0 Å². The van der Waals surface area contributed by atoms with E-state index in [1.807, 2.05) is 6.92 Å². The first kappa shape index (κ1) is 13.0. The number of carbonyl (C=O) groups is 2. The average molecular weight is 236 g/mol. The first-order valence-electron chi connectivity index (χ1n) is 5.36. The fraction of sp³-hybridized carbons (Fsp3) is 0.333. The Kier molecular flexibility index (Phi) is 5.00. The lowest BCUT2D eigenvalue weighted by molar-refractivity contribution is -0.119. The number of likely N-dealkylation sites (N-methyl/N-ethyl adjacent to an activating group) is 1. The summed E-state index contributed by atoms with van der Waals surface area (Å²) in [4.78, 5) is 22.4. The van der Waals surface area contributed by atoms with Crippen molar-refractivity contribution in [1.82, 2.24) is 5.32 Å². The summed E-state index contributed by atoms with van der Waals surface area (Å²) in [6.45, 7) is 2.69. The van der Waals surface area contributed by atoms with Crippen molar-refractivity contribution in [3.63, 3.8) is 0 Å². The van der Waals surface area contributed by atoms with Crippen LogP contribution >= 0.6 is 0 Å². The number of nitrogens with one attached hydrogen (secondary N) is 2. The van der Waals surface area contributed by atoms with Gasteiger partial charge in [-0.3, -0.25) is 4.79 Å². The van der Waals surface area contributed by atoms with Crippen LogP contribution in [0, 0.1) is 0 Å². The molecule has 0 radical (unpaired) electrons. The molecule has 0 heterocycles. The fourth-order valence-corrected chi connectivity index (χ4v) is 1.28. The molecule has 0 atom stereocenters. The number of ether oxygens (including phenoxy) is 1. The van der Waals surface area contributed by atoms with Gasteiger partial charge in [0.1, 0.15) is 0 Å². The zero-order chi connectivity index (χ0) is 12.7. The fourth-order valence-electron chi connectivity index (χ4n) is 1.28. The van der Waals surface area contributed by atoms with E-state index in [2.05, 4.69) is 15.4 Å². The molecule has 0 aliphatic carbocycles. The van der Waals surface area contributed by atoms with Gasteiger partial charge in [0, 0.05) is 12.2 Å². The van der Waals surface area contributed by atoms with E-state index in [1.165, 1.54) is 7.11 Å². The Balaban J connectivity index is 2.51. The molecule has 5 nitrogen and oxygen atoms in total. The minimum absolute atomic E-state index is 0.0652. The second-order valence-corrected chi connectivity index (χ2v) is 3.38. The lowest BCUT2D eigenvalue weighted by atomic mass is 10.2. The molecule has 0 saturated heterocycles. The van der Waals surface area contributed by atoms with E-state index in [0.29, 0.717) is 12.1 Å². The summed E-state index contributed by atoms with van der Waals surface area (Å²) >= 11 is 0. The van der Waals surface area contributed by atoms with Gasteiger partial charge in [0.25, 0.3) is 0 Å². The molecule has 0 bridgehead atoms. The first-order valence-corrected chi connectivity index (χ1v) is 5.36. The maximum absolute atomic E-state index is 11.2. The second-order valence-electron chi connectivity index (χ2n) is 3.38. The number of esters is 1. The SMILES string of the molecule is CCNC(=O)CNc1ccc(C(=O)OC)cc1. The van der Waals surface area contributed by atoms with Gasteiger partial charge in [-0.2, -0.15) is 0 Å². The second kappa shape index (κ2) is 6.52. The van der Waals surface area contributed by atoms with E-state index in [1.54, 1.807) is 24.3 Å². The van der Waals surface area contributed by atoms with Crippen LogP contribution in [-0.4, -0.2) is 32.1 Å². The molecule has 5 heteroatoms. The maximum atomic E-state index is 11.2. The summed E-state index contributed by atoms with van der Waals surface area (Å²) in [5.41, 5.74) is 1.26. The Bertz CT molecular complexity index is 387. The van der Waals surface area contributed by atoms with Crippen LogP contribution in [0.3, 0.4) is 0 Å². The summed E-state index contributed by atoms with van der Waals surface area (Å²) in [6.07, 6.45) is 0. The van der Waals surface area contributed by atoms with Crippen molar-refractivity contribution < 1.29 is 14.3 Å². The number of rotatable bonds is 5. The van der Waals surface area contributed by atoms with Crippen molar-refractivity contribution in [2.75, 3.05) is 25.5 Å². The lowest BCUT2D eigenvalue weighted by Crippen LogP contribution is -2.29. The van der Waals surface area contributed by atoms with E-state index in [-0.39, 0.29) is 18.4 Å². The van der Waals surface area contributed by atoms with Crippen LogP contribution in [0.2, 0.25) is 0 Å². The van der Waals surface area contributed by atoms with Gasteiger partial charge in [-0.1, -0.05) is 0 Å². The van der Waals surface area contributed by atoms with Gasteiger partial charge in [0.2, 0.25) is 5.91 Å². The minimum Gasteiger partial charge on any atom is -0.465 e. The number of anilines is 1. The number of benzene rings is 1. The van der Waals surface area contributed by atoms with Gasteiger partial charge in [0.05, 0.1) is 19.2 Å². The largest absolute Gasteiger partial charge is 0.465 e. The zero-order valence-corrected chi connectivity index (χ0v) is 9.95. The summed E-state index contributed by atoms with van der Waals surface area (Å²) in [7, 11) is 1.34. The molecule has 2 N–H and O–H groups in total. The Hall–Kier alpha value is -2.04. The van der Waals surface area contributed by atoms with Crippen LogP contribution in [0.4, 0.5) is 5.69 Å². The summed E-state index contributed by atoms with van der Waals surface area (Å²) < 4.78 is 4.58. The molecule has 0 aliphatic rings. The van der Waals surface area contributed by atoms with Crippen LogP contribution in [0.15, 0.2) is 24.3 Å². The average Bonchev–Trinajstić information content (AvgIpc) is 2.36. The van der Waals surface area contributed by atoms with Gasteiger partial charge in [-0.25, -0.2) is 4.79 Å². The third kappa shape index (κ3) is 4.14. The van der Waals surface area contributed by atoms with Crippen LogP contribution in [0.1, 0.15) is 17.3 Å². The normalized spacial score (nSPS) is 9.53. The van der Waals surface area contributed by atoms with E-state index in [4.69, 9.17) is 0 Å². The first-order chi connectivity index (χ1) is 8.17. The predicted molar refractivity (Wildman–Crippen MR) is 65.0 cm³/mol. The molecule has 1 amide bonds. The van der Waals surface area contributed by atoms with E-state index >= 15 is 0 Å². The minimum atomic E-state index is -0.375. The molecule has 0 saturated carbocycles. The van der Waals surface area contributed by atoms with Crippen molar-refractivity contribution in [2.24, 2.45) is 0 Å². The Labute approximate surface area is 100 Å². The van der Waals surface area contributed by atoms with E-state index in [9.17, 15) is 9.59 Å². The molecule has 0 aromatic heterocycles. The van der Waals surface area contributed by atoms with Gasteiger partial charge in [-0.15, -0.1) is 0 Å². The highest BCUT2D eigenvalue weighted by atomic mass is 16.5. The van der Waals surface area contributed by atoms with Gasteiger partial charge in [0.15, 0.2) is 0 Å². The third-order valence-electron chi connectivity index (χ3n) is 2.13. The number of hydrogen-bond donors (Lipinski definition) is 2. The third-order valence-corrected chi connectivity index (χ3v) is 2.13. The highest BCUT2D eigenvalue weighted by molar-refractivity contribution is 5.89. The molecule has 1 aromatic rings. The van der Waals surface area contributed by atoms with Gasteiger partial charge < -0.3 is 15.4 Å². The molecule has 1 rings (SSSR count). The van der Waals surface area contributed by atoms with Gasteiger partial charge >= 0.3 is 5.97 Å². The topological polar surface area (TPSA) is 67.4 Å². The summed E-state index contributed by atoms with van der Waals surface area (Å²) in [5, 5.41) is 5.63.